The Morgan fingerprint density at radius 2 is 2.00 bits per heavy atom. The molecule has 2 heterocycles. The van der Waals surface area contributed by atoms with Crippen LogP contribution in [-0.4, -0.2) is 47.8 Å². The van der Waals surface area contributed by atoms with Crippen molar-refractivity contribution in [1.82, 2.24) is 0 Å². The summed E-state index contributed by atoms with van der Waals surface area (Å²) in [5, 5.41) is 10.6. The molecule has 0 aromatic heterocycles. The Kier molecular flexibility index (Phi) is 5.39. The molecule has 0 bridgehead atoms. The van der Waals surface area contributed by atoms with Gasteiger partial charge in [-0.15, -0.1) is 0 Å². The average Bonchev–Trinajstić information content (AvgIpc) is 3.09. The number of aliphatic hydroxyl groups is 1. The van der Waals surface area contributed by atoms with E-state index in [1.54, 1.807) is 6.07 Å². The number of ether oxygens (including phenoxy) is 1. The highest BCUT2D eigenvalue weighted by Crippen LogP contribution is 2.30. The summed E-state index contributed by atoms with van der Waals surface area (Å²) in [5.74, 6) is -0.526. The molecule has 2 atom stereocenters. The highest BCUT2D eigenvalue weighted by Gasteiger charge is 2.44. The first-order valence-electron chi connectivity index (χ1n) is 8.27. The minimum absolute atomic E-state index is 0. The lowest BCUT2D eigenvalue weighted by molar-refractivity contribution is -0.906. The monoisotopic (exact) mass is 339 g/mol. The van der Waals surface area contributed by atoms with E-state index in [0.717, 1.165) is 29.6 Å². The predicted molar refractivity (Wildman–Crippen MR) is 84.2 cm³/mol. The maximum atomic E-state index is 12.5. The largest absolute Gasteiger partial charge is 1.00 e. The van der Waals surface area contributed by atoms with Gasteiger partial charge in [0.05, 0.1) is 19.6 Å². The minimum Gasteiger partial charge on any atom is -1.00 e. The first kappa shape index (κ1) is 18.2. The summed E-state index contributed by atoms with van der Waals surface area (Å²) < 4.78 is 6.75. The first-order chi connectivity index (χ1) is 10.4. The van der Waals surface area contributed by atoms with Crippen LogP contribution in [0.2, 0.25) is 0 Å². The number of benzene rings is 1. The van der Waals surface area contributed by atoms with Crippen LogP contribution in [0.5, 0.6) is 0 Å². The van der Waals surface area contributed by atoms with E-state index in [9.17, 15) is 9.90 Å². The molecule has 1 N–H and O–H groups in total. The van der Waals surface area contributed by atoms with Crippen molar-refractivity contribution in [2.45, 2.75) is 44.8 Å². The molecule has 3 rings (SSSR count). The Balaban J connectivity index is 0.00000192. The Hall–Kier alpha value is -1.10. The topological polar surface area (TPSA) is 46.5 Å². The van der Waals surface area contributed by atoms with Crippen LogP contribution in [0.25, 0.3) is 0 Å². The molecular weight excluding hydrogens is 314 g/mol. The third-order valence-electron chi connectivity index (χ3n) is 5.28. The highest BCUT2D eigenvalue weighted by atomic mass is 35.5. The van der Waals surface area contributed by atoms with Crippen LogP contribution in [0.4, 0.5) is 0 Å². The van der Waals surface area contributed by atoms with Gasteiger partial charge in [-0.3, -0.25) is 0 Å². The number of quaternary nitrogens is 1. The van der Waals surface area contributed by atoms with Crippen molar-refractivity contribution in [3.8, 4) is 0 Å². The molecule has 2 aliphatic rings. The van der Waals surface area contributed by atoms with Gasteiger partial charge >= 0.3 is 5.97 Å². The van der Waals surface area contributed by atoms with Crippen LogP contribution in [0.3, 0.4) is 0 Å². The van der Waals surface area contributed by atoms with Gasteiger partial charge in [-0.05, 0) is 19.4 Å². The number of nitrogens with zero attached hydrogens (tertiary/aromatic N) is 1. The Morgan fingerprint density at radius 3 is 2.65 bits per heavy atom. The lowest BCUT2D eigenvalue weighted by atomic mass is 9.95. The van der Waals surface area contributed by atoms with Crippen molar-refractivity contribution >= 4 is 5.97 Å². The zero-order chi connectivity index (χ0) is 15.8. The van der Waals surface area contributed by atoms with Crippen LogP contribution >= 0.6 is 0 Å². The number of halogens is 1. The highest BCUT2D eigenvalue weighted by molar-refractivity contribution is 5.80. The smallest absolute Gasteiger partial charge is 0.343 e. The molecule has 1 aromatic carbocycles. The molecule has 1 spiro atoms. The van der Waals surface area contributed by atoms with E-state index < -0.39 is 11.6 Å². The summed E-state index contributed by atoms with van der Waals surface area (Å²) in [6, 6.07) is 7.41. The van der Waals surface area contributed by atoms with Crippen molar-refractivity contribution in [2.75, 3.05) is 26.2 Å². The van der Waals surface area contributed by atoms with E-state index in [0.29, 0.717) is 5.56 Å². The summed E-state index contributed by atoms with van der Waals surface area (Å²) in [4.78, 5) is 12.5. The van der Waals surface area contributed by atoms with E-state index in [-0.39, 0.29) is 18.5 Å². The molecule has 1 aromatic rings. The number of carbonyl (C=O) groups is 1. The normalized spacial score (nSPS) is 24.9. The SMILES string of the molecule is Cc1cccc(C(C)(O)C(=O)OC2CC[N+]3(CCCC3)C2)c1.[Cl-]. The Labute approximate surface area is 144 Å². The summed E-state index contributed by atoms with van der Waals surface area (Å²) in [6.45, 7) is 7.91. The molecule has 2 saturated heterocycles. The van der Waals surface area contributed by atoms with Crippen molar-refractivity contribution in [1.29, 1.82) is 0 Å². The average molecular weight is 340 g/mol. The van der Waals surface area contributed by atoms with Crippen molar-refractivity contribution in [3.05, 3.63) is 35.4 Å². The van der Waals surface area contributed by atoms with E-state index >= 15 is 0 Å². The molecule has 0 saturated carbocycles. The molecule has 4 nitrogen and oxygen atoms in total. The van der Waals surface area contributed by atoms with E-state index in [1.165, 1.54) is 32.9 Å². The van der Waals surface area contributed by atoms with Crippen LogP contribution in [0.1, 0.15) is 37.3 Å². The number of carbonyl (C=O) groups excluding carboxylic acids is 1. The molecule has 0 amide bonds. The fourth-order valence-electron chi connectivity index (χ4n) is 3.87. The van der Waals surface area contributed by atoms with Gasteiger partial charge in [-0.1, -0.05) is 29.8 Å². The van der Waals surface area contributed by atoms with Crippen LogP contribution < -0.4 is 12.4 Å². The lowest BCUT2D eigenvalue weighted by Gasteiger charge is -2.29. The number of hydrogen-bond acceptors (Lipinski definition) is 3. The lowest BCUT2D eigenvalue weighted by Crippen LogP contribution is -3.00. The van der Waals surface area contributed by atoms with Gasteiger partial charge in [-0.2, -0.15) is 0 Å². The fourth-order valence-corrected chi connectivity index (χ4v) is 3.87. The van der Waals surface area contributed by atoms with Gasteiger partial charge in [0.2, 0.25) is 0 Å². The molecule has 2 unspecified atom stereocenters. The Morgan fingerprint density at radius 1 is 1.30 bits per heavy atom. The van der Waals surface area contributed by atoms with Crippen LogP contribution in [-0.2, 0) is 15.1 Å². The summed E-state index contributed by atoms with van der Waals surface area (Å²) in [6.07, 6.45) is 3.42. The van der Waals surface area contributed by atoms with Gasteiger partial charge in [0.15, 0.2) is 11.7 Å². The Bertz CT molecular complexity index is 567. The maximum Gasteiger partial charge on any atom is 0.343 e. The second kappa shape index (κ2) is 6.80. The number of hydrogen-bond donors (Lipinski definition) is 1. The molecule has 5 heteroatoms. The predicted octanol–water partition coefficient (Wildman–Crippen LogP) is -0.867. The zero-order valence-corrected chi connectivity index (χ0v) is 14.7. The molecule has 128 valence electrons. The molecule has 2 fully saturated rings. The molecular formula is C18H26ClNO3. The zero-order valence-electron chi connectivity index (χ0n) is 13.9. The third-order valence-corrected chi connectivity index (χ3v) is 5.28. The van der Waals surface area contributed by atoms with Gasteiger partial charge < -0.3 is 26.7 Å². The standard InChI is InChI=1S/C18H26NO3.ClH/c1-14-6-5-7-15(12-14)18(2,21)17(20)22-16-8-11-19(13-16)9-3-4-10-19;/h5-7,12,16,21H,3-4,8-11,13H2,1-2H3;1H/q+1;/p-1. The number of esters is 1. The van der Waals surface area contributed by atoms with E-state index in [1.807, 2.05) is 25.1 Å². The van der Waals surface area contributed by atoms with E-state index in [2.05, 4.69) is 0 Å². The van der Waals surface area contributed by atoms with Crippen LogP contribution in [0.15, 0.2) is 24.3 Å². The second-order valence-corrected chi connectivity index (χ2v) is 7.16. The quantitative estimate of drug-likeness (QED) is 0.575. The van der Waals surface area contributed by atoms with Gasteiger partial charge in [0.1, 0.15) is 6.54 Å². The summed E-state index contributed by atoms with van der Waals surface area (Å²) >= 11 is 0. The van der Waals surface area contributed by atoms with Crippen molar-refractivity contribution in [2.24, 2.45) is 0 Å². The van der Waals surface area contributed by atoms with Gasteiger partial charge in [0, 0.05) is 19.3 Å². The van der Waals surface area contributed by atoms with Gasteiger partial charge in [0.25, 0.3) is 0 Å². The van der Waals surface area contributed by atoms with Gasteiger partial charge in [-0.25, -0.2) is 4.79 Å². The second-order valence-electron chi connectivity index (χ2n) is 7.16. The van der Waals surface area contributed by atoms with E-state index in [4.69, 9.17) is 4.74 Å². The molecule has 0 radical (unpaired) electrons. The molecule has 23 heavy (non-hydrogen) atoms. The molecule has 2 aliphatic heterocycles. The van der Waals surface area contributed by atoms with Crippen LogP contribution in [0, 0.1) is 6.92 Å². The van der Waals surface area contributed by atoms with Crippen molar-refractivity contribution < 1.29 is 31.5 Å². The summed E-state index contributed by atoms with van der Waals surface area (Å²) in [5.41, 5.74) is 0.0401. The number of rotatable bonds is 3. The first-order valence-corrected chi connectivity index (χ1v) is 8.27. The van der Waals surface area contributed by atoms with Crippen molar-refractivity contribution in [3.63, 3.8) is 0 Å². The maximum absolute atomic E-state index is 12.5. The molecule has 0 aliphatic carbocycles. The third kappa shape index (κ3) is 3.70. The summed E-state index contributed by atoms with van der Waals surface area (Å²) in [7, 11) is 0. The number of aryl methyl sites for hydroxylation is 1. The fraction of sp³-hybridized carbons (Fsp3) is 0.611. The minimum atomic E-state index is -1.58.